The summed E-state index contributed by atoms with van der Waals surface area (Å²) in [6.07, 6.45) is 4.40. The SMILES string of the molecule is Cc1noc(C)c1COc1ccc(CC(=O)OCC(=O)NC2CCCC2)cc1. The Kier molecular flexibility index (Phi) is 6.68. The molecule has 0 aliphatic heterocycles. The van der Waals surface area contributed by atoms with Gasteiger partial charge in [-0.25, -0.2) is 0 Å². The largest absolute Gasteiger partial charge is 0.489 e. The molecule has 1 saturated carbocycles. The Hall–Kier alpha value is -2.83. The molecule has 7 heteroatoms. The summed E-state index contributed by atoms with van der Waals surface area (Å²) in [4.78, 5) is 23.7. The number of ether oxygens (including phenoxy) is 2. The zero-order valence-electron chi connectivity index (χ0n) is 16.3. The fraction of sp³-hybridized carbons (Fsp3) is 0.476. The first kappa shape index (κ1) is 19.9. The highest BCUT2D eigenvalue weighted by molar-refractivity contribution is 5.81. The maximum absolute atomic E-state index is 11.9. The van der Waals surface area contributed by atoms with Crippen molar-refractivity contribution in [2.24, 2.45) is 0 Å². The Bertz CT molecular complexity index is 787. The summed E-state index contributed by atoms with van der Waals surface area (Å²) in [6.45, 7) is 3.87. The Morgan fingerprint density at radius 3 is 2.54 bits per heavy atom. The van der Waals surface area contributed by atoms with Crippen LogP contribution in [0.5, 0.6) is 5.75 Å². The van der Waals surface area contributed by atoms with Gasteiger partial charge in [0.05, 0.1) is 17.7 Å². The van der Waals surface area contributed by atoms with Crippen molar-refractivity contribution < 1.29 is 23.6 Å². The zero-order valence-corrected chi connectivity index (χ0v) is 16.3. The number of rotatable bonds is 8. The molecule has 2 aromatic rings. The quantitative estimate of drug-likeness (QED) is 0.702. The minimum absolute atomic E-state index is 0.112. The van der Waals surface area contributed by atoms with Crippen LogP contribution < -0.4 is 10.1 Å². The maximum Gasteiger partial charge on any atom is 0.310 e. The molecule has 1 aliphatic rings. The van der Waals surface area contributed by atoms with Crippen LogP contribution in [0.4, 0.5) is 0 Å². The van der Waals surface area contributed by atoms with Gasteiger partial charge in [-0.05, 0) is 44.4 Å². The number of nitrogens with zero attached hydrogens (tertiary/aromatic N) is 1. The number of carbonyl (C=O) groups is 2. The lowest BCUT2D eigenvalue weighted by atomic mass is 10.1. The van der Waals surface area contributed by atoms with Crippen LogP contribution in [0.2, 0.25) is 0 Å². The van der Waals surface area contributed by atoms with Gasteiger partial charge >= 0.3 is 5.97 Å². The molecule has 150 valence electrons. The van der Waals surface area contributed by atoms with Gasteiger partial charge < -0.3 is 19.3 Å². The normalized spacial score (nSPS) is 14.1. The van der Waals surface area contributed by atoms with Crippen molar-refractivity contribution in [3.8, 4) is 5.75 Å². The molecule has 0 saturated heterocycles. The number of hydrogen-bond acceptors (Lipinski definition) is 6. The van der Waals surface area contributed by atoms with Crippen molar-refractivity contribution in [3.05, 3.63) is 46.8 Å². The molecular weight excluding hydrogens is 360 g/mol. The van der Waals surface area contributed by atoms with Crippen LogP contribution >= 0.6 is 0 Å². The van der Waals surface area contributed by atoms with Gasteiger partial charge in [-0.1, -0.05) is 30.1 Å². The summed E-state index contributed by atoms with van der Waals surface area (Å²) >= 11 is 0. The van der Waals surface area contributed by atoms with Gasteiger partial charge in [0.15, 0.2) is 6.61 Å². The van der Waals surface area contributed by atoms with Gasteiger partial charge in [0.1, 0.15) is 18.1 Å². The molecule has 3 rings (SSSR count). The average Bonchev–Trinajstić information content (AvgIpc) is 3.30. The van der Waals surface area contributed by atoms with Crippen LogP contribution in [0.25, 0.3) is 0 Å². The predicted octanol–water partition coefficient (Wildman–Crippen LogP) is 3.01. The summed E-state index contributed by atoms with van der Waals surface area (Å²) in [6, 6.07) is 7.44. The Morgan fingerprint density at radius 1 is 1.18 bits per heavy atom. The molecular formula is C21H26N2O5. The molecule has 0 spiro atoms. The molecule has 1 fully saturated rings. The molecule has 1 heterocycles. The third kappa shape index (κ3) is 5.58. The predicted molar refractivity (Wildman–Crippen MR) is 102 cm³/mol. The maximum atomic E-state index is 11.9. The van der Waals surface area contributed by atoms with Crippen LogP contribution in [0, 0.1) is 13.8 Å². The summed E-state index contributed by atoms with van der Waals surface area (Å²) in [5, 5.41) is 6.79. The monoisotopic (exact) mass is 386 g/mol. The Morgan fingerprint density at radius 2 is 1.89 bits per heavy atom. The fourth-order valence-electron chi connectivity index (χ4n) is 3.27. The second-order valence-electron chi connectivity index (χ2n) is 7.12. The molecule has 1 aromatic carbocycles. The smallest absolute Gasteiger partial charge is 0.310 e. The van der Waals surface area contributed by atoms with E-state index in [4.69, 9.17) is 14.0 Å². The summed E-state index contributed by atoms with van der Waals surface area (Å²) in [5.74, 6) is 0.774. The highest BCUT2D eigenvalue weighted by Crippen LogP contribution is 2.19. The minimum Gasteiger partial charge on any atom is -0.489 e. The van der Waals surface area contributed by atoms with Gasteiger partial charge in [-0.15, -0.1) is 0 Å². The van der Waals surface area contributed by atoms with Gasteiger partial charge in [0.2, 0.25) is 0 Å². The standard InChI is InChI=1S/C21H26N2O5/c1-14-19(15(2)28-23-14)12-26-18-9-7-16(8-10-18)11-21(25)27-13-20(24)22-17-5-3-4-6-17/h7-10,17H,3-6,11-13H2,1-2H3,(H,22,24). The molecule has 1 amide bonds. The Labute approximate surface area is 164 Å². The van der Waals surface area contributed by atoms with Crippen LogP contribution in [-0.2, 0) is 27.4 Å². The molecule has 0 bridgehead atoms. The fourth-order valence-corrected chi connectivity index (χ4v) is 3.27. The van der Waals surface area contributed by atoms with E-state index in [1.54, 1.807) is 12.1 Å². The van der Waals surface area contributed by atoms with Crippen molar-refractivity contribution in [3.63, 3.8) is 0 Å². The molecule has 28 heavy (non-hydrogen) atoms. The zero-order chi connectivity index (χ0) is 19.9. The number of benzene rings is 1. The number of amides is 1. The van der Waals surface area contributed by atoms with E-state index in [2.05, 4.69) is 10.5 Å². The molecule has 0 unspecified atom stereocenters. The second kappa shape index (κ2) is 9.39. The van der Waals surface area contributed by atoms with Crippen LogP contribution in [-0.4, -0.2) is 29.7 Å². The summed E-state index contributed by atoms with van der Waals surface area (Å²) in [7, 11) is 0. The lowest BCUT2D eigenvalue weighted by molar-refractivity contribution is -0.148. The van der Waals surface area contributed by atoms with Crippen LogP contribution in [0.15, 0.2) is 28.8 Å². The van der Waals surface area contributed by atoms with E-state index in [1.807, 2.05) is 26.0 Å². The topological polar surface area (TPSA) is 90.7 Å². The molecule has 0 radical (unpaired) electrons. The number of aryl methyl sites for hydroxylation is 2. The van der Waals surface area contributed by atoms with Crippen molar-refractivity contribution >= 4 is 11.9 Å². The lowest BCUT2D eigenvalue weighted by Crippen LogP contribution is -2.36. The highest BCUT2D eigenvalue weighted by Gasteiger charge is 2.18. The van der Waals surface area contributed by atoms with Crippen molar-refractivity contribution in [1.29, 1.82) is 0 Å². The first-order chi connectivity index (χ1) is 13.5. The number of esters is 1. The van der Waals surface area contributed by atoms with Gasteiger partial charge in [-0.3, -0.25) is 9.59 Å². The number of nitrogens with one attached hydrogen (secondary N) is 1. The highest BCUT2D eigenvalue weighted by atomic mass is 16.5. The van der Waals surface area contributed by atoms with E-state index in [-0.39, 0.29) is 25.0 Å². The minimum atomic E-state index is -0.425. The second-order valence-corrected chi connectivity index (χ2v) is 7.12. The van der Waals surface area contributed by atoms with Crippen molar-refractivity contribution in [1.82, 2.24) is 10.5 Å². The number of aromatic nitrogens is 1. The first-order valence-electron chi connectivity index (χ1n) is 9.59. The van der Waals surface area contributed by atoms with Crippen molar-refractivity contribution in [2.75, 3.05) is 6.61 Å². The summed E-state index contributed by atoms with van der Waals surface area (Å²) < 4.78 is 15.9. The first-order valence-corrected chi connectivity index (χ1v) is 9.59. The third-order valence-corrected chi connectivity index (χ3v) is 4.92. The number of carbonyl (C=O) groups excluding carboxylic acids is 2. The van der Waals surface area contributed by atoms with Crippen molar-refractivity contribution in [2.45, 2.75) is 58.6 Å². The van der Waals surface area contributed by atoms with Crippen LogP contribution in [0.1, 0.15) is 48.3 Å². The van der Waals surface area contributed by atoms with E-state index in [0.717, 1.165) is 48.3 Å². The molecule has 7 nitrogen and oxygen atoms in total. The van der Waals surface area contributed by atoms with Gasteiger partial charge in [0, 0.05) is 6.04 Å². The molecule has 1 aliphatic carbocycles. The van der Waals surface area contributed by atoms with E-state index in [1.165, 1.54) is 0 Å². The molecule has 1 aromatic heterocycles. The van der Waals surface area contributed by atoms with E-state index >= 15 is 0 Å². The van der Waals surface area contributed by atoms with E-state index in [9.17, 15) is 9.59 Å². The summed E-state index contributed by atoms with van der Waals surface area (Å²) in [5.41, 5.74) is 2.54. The third-order valence-electron chi connectivity index (χ3n) is 4.92. The van der Waals surface area contributed by atoms with E-state index < -0.39 is 5.97 Å². The lowest BCUT2D eigenvalue weighted by Gasteiger charge is -2.12. The average molecular weight is 386 g/mol. The number of hydrogen-bond donors (Lipinski definition) is 1. The molecule has 0 atom stereocenters. The van der Waals surface area contributed by atoms with Gasteiger partial charge in [0.25, 0.3) is 5.91 Å². The van der Waals surface area contributed by atoms with E-state index in [0.29, 0.717) is 12.4 Å². The Balaban J connectivity index is 1.40. The molecule has 1 N–H and O–H groups in total. The van der Waals surface area contributed by atoms with Gasteiger partial charge in [-0.2, -0.15) is 0 Å². The van der Waals surface area contributed by atoms with Crippen LogP contribution in [0.3, 0.4) is 0 Å².